The van der Waals surface area contributed by atoms with E-state index in [1.807, 2.05) is 35.8 Å². The van der Waals surface area contributed by atoms with E-state index in [0.29, 0.717) is 29.0 Å². The summed E-state index contributed by atoms with van der Waals surface area (Å²) in [4.78, 5) is 12.4. The molecule has 1 aliphatic rings. The van der Waals surface area contributed by atoms with E-state index >= 15 is 0 Å². The molecule has 6 nitrogen and oxygen atoms in total. The maximum atomic E-state index is 12.4. The Morgan fingerprint density at radius 2 is 2.19 bits per heavy atom. The third-order valence-corrected chi connectivity index (χ3v) is 5.49. The molecule has 7 heteroatoms. The fourth-order valence-electron chi connectivity index (χ4n) is 3.32. The van der Waals surface area contributed by atoms with Gasteiger partial charge < -0.3 is 9.73 Å². The fraction of sp³-hybridized carbons (Fsp3) is 0.316. The van der Waals surface area contributed by atoms with Gasteiger partial charge in [-0.2, -0.15) is 0 Å². The normalized spacial score (nSPS) is 13.0. The van der Waals surface area contributed by atoms with Crippen LogP contribution in [-0.2, 0) is 24.2 Å². The highest BCUT2D eigenvalue weighted by Crippen LogP contribution is 2.29. The number of benzene rings is 1. The number of rotatable bonds is 6. The number of anilines is 1. The fourth-order valence-corrected chi connectivity index (χ4v) is 4.12. The Morgan fingerprint density at radius 3 is 3.00 bits per heavy atom. The maximum Gasteiger partial charge on any atom is 0.234 e. The zero-order valence-corrected chi connectivity index (χ0v) is 15.4. The minimum absolute atomic E-state index is 0.0273. The highest BCUT2D eigenvalue weighted by Gasteiger charge is 2.18. The molecule has 1 aromatic carbocycles. The first-order valence-corrected chi connectivity index (χ1v) is 9.75. The van der Waals surface area contributed by atoms with Gasteiger partial charge in [0, 0.05) is 12.2 Å². The van der Waals surface area contributed by atoms with Gasteiger partial charge in [-0.1, -0.05) is 23.9 Å². The molecule has 1 aliphatic carbocycles. The summed E-state index contributed by atoms with van der Waals surface area (Å²) in [5.74, 6) is 1.62. The molecule has 4 rings (SSSR count). The Morgan fingerprint density at radius 1 is 1.27 bits per heavy atom. The van der Waals surface area contributed by atoms with Crippen LogP contribution < -0.4 is 5.32 Å². The Labute approximate surface area is 156 Å². The number of hydrogen-bond acceptors (Lipinski definition) is 5. The lowest BCUT2D eigenvalue weighted by molar-refractivity contribution is -0.113. The number of thioether (sulfide) groups is 1. The summed E-state index contributed by atoms with van der Waals surface area (Å²) in [6.07, 6.45) is 4.91. The van der Waals surface area contributed by atoms with E-state index in [1.165, 1.54) is 22.9 Å². The number of nitrogens with zero attached hydrogens (tertiary/aromatic N) is 3. The van der Waals surface area contributed by atoms with Crippen LogP contribution in [0.5, 0.6) is 0 Å². The number of fused-ring (bicyclic) bond motifs is 1. The molecule has 1 N–H and O–H groups in total. The molecule has 2 aromatic heterocycles. The van der Waals surface area contributed by atoms with Crippen LogP contribution in [0.3, 0.4) is 0 Å². The van der Waals surface area contributed by atoms with Gasteiger partial charge in [-0.05, 0) is 55.5 Å². The molecule has 0 atom stereocenters. The van der Waals surface area contributed by atoms with E-state index in [9.17, 15) is 4.79 Å². The SMILES string of the molecule is CCn1c(SCC(=O)Nc2cccc3c2CCC3)nnc1-c1ccco1. The Hall–Kier alpha value is -2.54. The largest absolute Gasteiger partial charge is 0.461 e. The Kier molecular flexibility index (Phi) is 4.79. The smallest absolute Gasteiger partial charge is 0.234 e. The molecule has 3 aromatic rings. The highest BCUT2D eigenvalue weighted by atomic mass is 32.2. The summed E-state index contributed by atoms with van der Waals surface area (Å²) < 4.78 is 7.37. The van der Waals surface area contributed by atoms with E-state index in [4.69, 9.17) is 4.42 Å². The maximum absolute atomic E-state index is 12.4. The molecule has 0 unspecified atom stereocenters. The number of furan rings is 1. The number of nitrogens with one attached hydrogen (secondary N) is 1. The number of amides is 1. The van der Waals surface area contributed by atoms with Crippen LogP contribution in [0.1, 0.15) is 24.5 Å². The number of carbonyl (C=O) groups is 1. The summed E-state index contributed by atoms with van der Waals surface area (Å²) in [5.41, 5.74) is 3.57. The zero-order valence-electron chi connectivity index (χ0n) is 14.6. The third-order valence-electron chi connectivity index (χ3n) is 4.53. The quantitative estimate of drug-likeness (QED) is 0.671. The van der Waals surface area contributed by atoms with Crippen LogP contribution in [-0.4, -0.2) is 26.4 Å². The Balaban J connectivity index is 1.43. The van der Waals surface area contributed by atoms with Crippen molar-refractivity contribution >= 4 is 23.4 Å². The summed E-state index contributed by atoms with van der Waals surface area (Å²) in [5, 5.41) is 12.2. The van der Waals surface area contributed by atoms with E-state index < -0.39 is 0 Å². The molecular weight excluding hydrogens is 348 g/mol. The molecule has 0 fully saturated rings. The molecule has 0 bridgehead atoms. The molecule has 134 valence electrons. The summed E-state index contributed by atoms with van der Waals surface area (Å²) >= 11 is 1.39. The van der Waals surface area contributed by atoms with Crippen molar-refractivity contribution in [2.24, 2.45) is 0 Å². The van der Waals surface area contributed by atoms with Crippen molar-refractivity contribution in [1.82, 2.24) is 14.8 Å². The number of aromatic nitrogens is 3. The standard InChI is InChI=1S/C19H20N4O2S/c1-2-23-18(16-10-5-11-25-16)21-22-19(23)26-12-17(24)20-15-9-4-7-13-6-3-8-14(13)15/h4-5,7,9-11H,2-3,6,8,12H2,1H3,(H,20,24). The minimum Gasteiger partial charge on any atom is -0.461 e. The monoisotopic (exact) mass is 368 g/mol. The molecule has 0 radical (unpaired) electrons. The molecule has 1 amide bonds. The first kappa shape index (κ1) is 16.9. The first-order valence-electron chi connectivity index (χ1n) is 8.76. The van der Waals surface area contributed by atoms with Crippen molar-refractivity contribution in [3.05, 3.63) is 47.7 Å². The zero-order chi connectivity index (χ0) is 17.9. The highest BCUT2D eigenvalue weighted by molar-refractivity contribution is 7.99. The second kappa shape index (κ2) is 7.37. The van der Waals surface area contributed by atoms with Gasteiger partial charge in [0.2, 0.25) is 5.91 Å². The van der Waals surface area contributed by atoms with Gasteiger partial charge in [-0.25, -0.2) is 0 Å². The summed E-state index contributed by atoms with van der Waals surface area (Å²) in [6.45, 7) is 2.73. The number of carbonyl (C=O) groups excluding carboxylic acids is 1. The van der Waals surface area contributed by atoms with Gasteiger partial charge in [0.05, 0.1) is 12.0 Å². The van der Waals surface area contributed by atoms with Gasteiger partial charge in [-0.3, -0.25) is 9.36 Å². The van der Waals surface area contributed by atoms with Crippen molar-refractivity contribution in [2.45, 2.75) is 37.9 Å². The van der Waals surface area contributed by atoms with Gasteiger partial charge in [-0.15, -0.1) is 10.2 Å². The third kappa shape index (κ3) is 3.26. The molecular formula is C19H20N4O2S. The molecule has 0 saturated heterocycles. The lowest BCUT2D eigenvalue weighted by atomic mass is 10.1. The van der Waals surface area contributed by atoms with Crippen molar-refractivity contribution < 1.29 is 9.21 Å². The van der Waals surface area contributed by atoms with E-state index in [1.54, 1.807) is 6.26 Å². The van der Waals surface area contributed by atoms with Crippen LogP contribution in [0, 0.1) is 0 Å². The van der Waals surface area contributed by atoms with Crippen LogP contribution in [0.15, 0.2) is 46.2 Å². The van der Waals surface area contributed by atoms with Crippen molar-refractivity contribution in [3.8, 4) is 11.6 Å². The predicted octanol–water partition coefficient (Wildman–Crippen LogP) is 3.78. The average Bonchev–Trinajstić information content (AvgIpc) is 3.38. The van der Waals surface area contributed by atoms with Gasteiger partial charge >= 0.3 is 0 Å². The number of aryl methyl sites for hydroxylation is 1. The Bertz CT molecular complexity index is 918. The summed E-state index contributed by atoms with van der Waals surface area (Å²) in [6, 6.07) is 9.81. The van der Waals surface area contributed by atoms with E-state index in [2.05, 4.69) is 21.6 Å². The number of hydrogen-bond donors (Lipinski definition) is 1. The van der Waals surface area contributed by atoms with Crippen LogP contribution >= 0.6 is 11.8 Å². The lowest BCUT2D eigenvalue weighted by Crippen LogP contribution is -2.16. The van der Waals surface area contributed by atoms with Crippen molar-refractivity contribution in [3.63, 3.8) is 0 Å². The molecule has 2 heterocycles. The van der Waals surface area contributed by atoms with Crippen LogP contribution in [0.2, 0.25) is 0 Å². The molecule has 0 aliphatic heterocycles. The first-order chi connectivity index (χ1) is 12.8. The topological polar surface area (TPSA) is 73.0 Å². The minimum atomic E-state index is -0.0273. The van der Waals surface area contributed by atoms with E-state index in [-0.39, 0.29) is 5.91 Å². The second-order valence-corrected chi connectivity index (χ2v) is 7.10. The van der Waals surface area contributed by atoms with E-state index in [0.717, 1.165) is 24.9 Å². The van der Waals surface area contributed by atoms with Crippen molar-refractivity contribution in [1.29, 1.82) is 0 Å². The molecule has 0 spiro atoms. The predicted molar refractivity (Wildman–Crippen MR) is 101 cm³/mol. The van der Waals surface area contributed by atoms with Crippen LogP contribution in [0.25, 0.3) is 11.6 Å². The second-order valence-electron chi connectivity index (χ2n) is 6.16. The molecule has 26 heavy (non-hydrogen) atoms. The lowest BCUT2D eigenvalue weighted by Gasteiger charge is -2.10. The summed E-state index contributed by atoms with van der Waals surface area (Å²) in [7, 11) is 0. The van der Waals surface area contributed by atoms with Gasteiger partial charge in [0.15, 0.2) is 16.7 Å². The molecule has 0 saturated carbocycles. The van der Waals surface area contributed by atoms with Crippen molar-refractivity contribution in [2.75, 3.05) is 11.1 Å². The average molecular weight is 368 g/mol. The van der Waals surface area contributed by atoms with Gasteiger partial charge in [0.1, 0.15) is 0 Å². The van der Waals surface area contributed by atoms with Crippen LogP contribution in [0.4, 0.5) is 5.69 Å². The van der Waals surface area contributed by atoms with Gasteiger partial charge in [0.25, 0.3) is 0 Å².